The zero-order valence-corrected chi connectivity index (χ0v) is 38.2. The second-order valence-electron chi connectivity index (χ2n) is 16.9. The van der Waals surface area contributed by atoms with Gasteiger partial charge in [-0.2, -0.15) is 0 Å². The number of amides is 1. The van der Waals surface area contributed by atoms with Crippen LogP contribution in [0.5, 0.6) is 0 Å². The molecule has 0 aromatic heterocycles. The van der Waals surface area contributed by atoms with Crippen LogP contribution >= 0.6 is 0 Å². The summed E-state index contributed by atoms with van der Waals surface area (Å²) in [7, 11) is 9.47. The fourth-order valence-corrected chi connectivity index (χ4v) is 8.66. The predicted octanol–water partition coefficient (Wildman–Crippen LogP) is 4.84. The molecule has 2 rings (SSSR count). The quantitative estimate of drug-likeness (QED) is 0.0971. The minimum atomic E-state index is -0.996. The van der Waals surface area contributed by atoms with Gasteiger partial charge in [-0.3, -0.25) is 9.59 Å². The number of nitrogens with zero attached hydrogens (tertiary/aromatic N) is 1. The van der Waals surface area contributed by atoms with E-state index in [1.165, 1.54) is 18.1 Å². The van der Waals surface area contributed by atoms with Crippen LogP contribution in [-0.2, 0) is 47.5 Å². The Morgan fingerprint density at radius 1 is 0.967 bits per heavy atom. The zero-order chi connectivity index (χ0) is 45.1. The largest absolute Gasteiger partial charge is 0.458 e. The van der Waals surface area contributed by atoms with Crippen LogP contribution in [-0.4, -0.2) is 149 Å². The fraction of sp³-hybridized carbons (Fsp3) is 0.761. The lowest BCUT2D eigenvalue weighted by Gasteiger charge is -2.39. The lowest BCUT2D eigenvalue weighted by molar-refractivity contribution is -0.159. The van der Waals surface area contributed by atoms with E-state index < -0.39 is 78.5 Å². The summed E-state index contributed by atoms with van der Waals surface area (Å²) >= 11 is 0. The molecule has 2 aliphatic heterocycles. The number of methoxy groups -OCH3 is 5. The van der Waals surface area contributed by atoms with Crippen molar-refractivity contribution in [2.24, 2.45) is 35.5 Å². The van der Waals surface area contributed by atoms with Gasteiger partial charge in [-0.25, -0.2) is 4.79 Å². The van der Waals surface area contributed by atoms with Crippen molar-refractivity contribution in [3.63, 3.8) is 0 Å². The second kappa shape index (κ2) is 27.3. The summed E-state index contributed by atoms with van der Waals surface area (Å²) in [6, 6.07) is 0. The first-order valence-electron chi connectivity index (χ1n) is 21.4. The van der Waals surface area contributed by atoms with Crippen LogP contribution in [0.25, 0.3) is 0 Å². The molecule has 0 fully saturated rings. The number of Topliss-reactive ketones (excluding diaryl/α,β-unsaturated/α-hetero) is 1. The molecular formula is C46H77NO13. The van der Waals surface area contributed by atoms with E-state index in [4.69, 9.17) is 33.2 Å². The number of carbonyl (C=O) groups excluding carboxylic acids is 3. The molecular weight excluding hydrogens is 774 g/mol. The van der Waals surface area contributed by atoms with Crippen LogP contribution in [0.1, 0.15) is 80.1 Å². The molecule has 344 valence electrons. The Balaban J connectivity index is 2.45. The van der Waals surface area contributed by atoms with Crippen molar-refractivity contribution in [1.82, 2.24) is 4.90 Å². The summed E-state index contributed by atoms with van der Waals surface area (Å²) < 4.78 is 42.1. The van der Waals surface area contributed by atoms with Gasteiger partial charge in [-0.1, -0.05) is 70.6 Å². The minimum absolute atomic E-state index is 0.0143. The molecule has 2 heterocycles. The molecule has 0 saturated heterocycles. The third-order valence-corrected chi connectivity index (χ3v) is 12.6. The SMILES string of the molecule is CO[C@H]([C@H](C)/C=C/N(C)C=O)[C@@H](C)C(=O)CC[C@H](C)[C@H](O)[C@H](C)[C@H]1OC(=O)/C=C\C(C)=C/[C@H](O)[C@H](OC)C[C@@H]2C=CC[C@@H](C[C@H](OC)[C@@H](CO)[C@@H](OC)C[C@@H](OC)[C@@H]1C)O2. The van der Waals surface area contributed by atoms with Crippen molar-refractivity contribution in [2.45, 2.75) is 141 Å². The normalized spacial score (nSPS) is 33.3. The number of aliphatic hydroxyl groups excluding tert-OH is 3. The van der Waals surface area contributed by atoms with Crippen LogP contribution in [0.2, 0.25) is 0 Å². The number of cyclic esters (lactones) is 1. The number of carbonyl (C=O) groups is 3. The van der Waals surface area contributed by atoms with E-state index in [0.29, 0.717) is 44.1 Å². The van der Waals surface area contributed by atoms with Gasteiger partial charge in [0.25, 0.3) is 0 Å². The molecule has 3 N–H and O–H groups in total. The fourth-order valence-electron chi connectivity index (χ4n) is 8.66. The summed E-state index contributed by atoms with van der Waals surface area (Å²) in [6.45, 7) is 10.9. The predicted molar refractivity (Wildman–Crippen MR) is 229 cm³/mol. The topological polar surface area (TPSA) is 180 Å². The van der Waals surface area contributed by atoms with E-state index in [-0.39, 0.29) is 42.9 Å². The van der Waals surface area contributed by atoms with E-state index in [2.05, 4.69) is 6.08 Å². The first-order valence-corrected chi connectivity index (χ1v) is 21.4. The monoisotopic (exact) mass is 852 g/mol. The maximum absolute atomic E-state index is 13.6. The van der Waals surface area contributed by atoms with Crippen molar-refractivity contribution in [3.8, 4) is 0 Å². The lowest BCUT2D eigenvalue weighted by Crippen LogP contribution is -2.47. The number of aliphatic hydroxyl groups is 3. The Kier molecular flexibility index (Phi) is 24.3. The number of allylic oxidation sites excluding steroid dienone is 2. The number of hydrogen-bond acceptors (Lipinski definition) is 13. The molecule has 0 unspecified atom stereocenters. The summed E-state index contributed by atoms with van der Waals surface area (Å²) in [5.74, 6) is -3.15. The molecule has 0 radical (unpaired) electrons. The molecule has 0 spiro atoms. The summed E-state index contributed by atoms with van der Waals surface area (Å²) in [5, 5.41) is 33.8. The molecule has 14 heteroatoms. The molecule has 2 bridgehead atoms. The van der Waals surface area contributed by atoms with Crippen LogP contribution in [0.15, 0.2) is 48.2 Å². The average molecular weight is 852 g/mol. The van der Waals surface area contributed by atoms with E-state index in [1.54, 1.807) is 60.8 Å². The maximum atomic E-state index is 13.6. The first kappa shape index (κ1) is 53.3. The van der Waals surface area contributed by atoms with Crippen LogP contribution in [0.4, 0.5) is 0 Å². The van der Waals surface area contributed by atoms with Crippen LogP contribution in [0.3, 0.4) is 0 Å². The number of rotatable bonds is 18. The Hall–Kier alpha value is -2.79. The third-order valence-electron chi connectivity index (χ3n) is 12.6. The Labute approximate surface area is 359 Å². The van der Waals surface area contributed by atoms with E-state index in [9.17, 15) is 29.7 Å². The highest BCUT2D eigenvalue weighted by Crippen LogP contribution is 2.34. The van der Waals surface area contributed by atoms with Crippen molar-refractivity contribution in [1.29, 1.82) is 0 Å². The highest BCUT2D eigenvalue weighted by Gasteiger charge is 2.41. The van der Waals surface area contributed by atoms with Gasteiger partial charge in [-0.15, -0.1) is 0 Å². The summed E-state index contributed by atoms with van der Waals surface area (Å²) in [4.78, 5) is 39.5. The summed E-state index contributed by atoms with van der Waals surface area (Å²) in [6.07, 6.45) is 9.18. The van der Waals surface area contributed by atoms with Crippen molar-refractivity contribution < 1.29 is 62.9 Å². The second-order valence-corrected chi connectivity index (χ2v) is 16.9. The number of ether oxygens (including phenoxy) is 7. The molecule has 0 aromatic rings. The number of fused-ring (bicyclic) bond motifs is 2. The van der Waals surface area contributed by atoms with Gasteiger partial charge in [0, 0.05) is 110 Å². The molecule has 2 aliphatic rings. The molecule has 0 aliphatic carbocycles. The highest BCUT2D eigenvalue weighted by atomic mass is 16.6. The maximum Gasteiger partial charge on any atom is 0.331 e. The standard InChI is InChI=1S/C46H77NO13/c1-28-16-19-43(52)60-46(33(6)44(53)29(2)17-18-37(50)31(4)45(58-12)30(3)20-21-47(7)27-49)32(5)39(54-8)25-41(56-10)36(26-48)40(55-9)23-34-14-13-15-35(59-34)24-42(57-11)38(51)22-28/h13,15-16,19-22,27,29-36,38-42,44-46,48,51,53H,14,17-18,23-26H2,1-12H3/b19-16-,21-20+,28-22-/t29-,30+,31-,32-,33-,34-,35-,36+,38-,39+,40-,41-,42+,44-,45+,46-/m0/s1. The number of ketones is 1. The summed E-state index contributed by atoms with van der Waals surface area (Å²) in [5.41, 5.74) is 0.615. The molecule has 14 nitrogen and oxygen atoms in total. The van der Waals surface area contributed by atoms with Crippen LogP contribution in [0, 0.1) is 35.5 Å². The van der Waals surface area contributed by atoms with E-state index in [0.717, 1.165) is 0 Å². The van der Waals surface area contributed by atoms with Crippen molar-refractivity contribution >= 4 is 18.2 Å². The van der Waals surface area contributed by atoms with Gasteiger partial charge in [0.15, 0.2) is 0 Å². The molecule has 60 heavy (non-hydrogen) atoms. The third kappa shape index (κ3) is 16.2. The van der Waals surface area contributed by atoms with E-state index in [1.807, 2.05) is 46.8 Å². The lowest BCUT2D eigenvalue weighted by atomic mass is 9.78. The van der Waals surface area contributed by atoms with Gasteiger partial charge >= 0.3 is 5.97 Å². The van der Waals surface area contributed by atoms with E-state index >= 15 is 0 Å². The number of esters is 1. The van der Waals surface area contributed by atoms with Gasteiger partial charge < -0.3 is 53.4 Å². The Morgan fingerprint density at radius 3 is 2.18 bits per heavy atom. The zero-order valence-electron chi connectivity index (χ0n) is 38.2. The van der Waals surface area contributed by atoms with Crippen molar-refractivity contribution in [3.05, 3.63) is 48.2 Å². The van der Waals surface area contributed by atoms with Crippen LogP contribution < -0.4 is 0 Å². The molecule has 1 amide bonds. The molecule has 0 aromatic carbocycles. The first-order chi connectivity index (χ1) is 28.5. The average Bonchev–Trinajstić information content (AvgIpc) is 3.24. The van der Waals surface area contributed by atoms with Gasteiger partial charge in [0.1, 0.15) is 11.9 Å². The number of hydrogen-bond donors (Lipinski definition) is 3. The van der Waals surface area contributed by atoms with Gasteiger partial charge in [0.2, 0.25) is 6.41 Å². The van der Waals surface area contributed by atoms with Gasteiger partial charge in [-0.05, 0) is 25.7 Å². The van der Waals surface area contributed by atoms with Crippen molar-refractivity contribution in [2.75, 3.05) is 49.2 Å². The smallest absolute Gasteiger partial charge is 0.331 e. The van der Waals surface area contributed by atoms with Gasteiger partial charge in [0.05, 0.1) is 61.5 Å². The Morgan fingerprint density at radius 2 is 1.60 bits per heavy atom. The molecule has 0 saturated carbocycles. The highest BCUT2D eigenvalue weighted by molar-refractivity contribution is 5.82. The molecule has 16 atom stereocenters. The minimum Gasteiger partial charge on any atom is -0.458 e. The Bertz CT molecular complexity index is 1400.